The predicted octanol–water partition coefficient (Wildman–Crippen LogP) is 1.39. The van der Waals surface area contributed by atoms with E-state index in [1.807, 2.05) is 31.2 Å². The average molecular weight is 367 g/mol. The van der Waals surface area contributed by atoms with Gasteiger partial charge in [0.05, 0.1) is 11.8 Å². The predicted molar refractivity (Wildman–Crippen MR) is 94.5 cm³/mol. The molecule has 0 bridgehead atoms. The molecule has 1 unspecified atom stereocenters. The lowest BCUT2D eigenvalue weighted by molar-refractivity contribution is -0.122. The molecule has 22 heavy (non-hydrogen) atoms. The summed E-state index contributed by atoms with van der Waals surface area (Å²) in [5.74, 6) is 0.371. The molecule has 3 N–H and O–H groups in total. The fraction of sp³-hybridized carbons (Fsp3) is 0.500. The number of rotatable bonds is 8. The smallest absolute Gasteiger partial charge is 0.236 e. The van der Waals surface area contributed by atoms with E-state index in [0.29, 0.717) is 6.54 Å². The van der Waals surface area contributed by atoms with Crippen LogP contribution in [0.25, 0.3) is 0 Å². The van der Waals surface area contributed by atoms with Crippen molar-refractivity contribution < 1.29 is 13.2 Å². The van der Waals surface area contributed by atoms with Crippen LogP contribution >= 0.6 is 24.2 Å². The van der Waals surface area contributed by atoms with Gasteiger partial charge < -0.3 is 11.1 Å². The lowest BCUT2D eigenvalue weighted by atomic mass is 10.2. The number of hydrogen-bond donors (Lipinski definition) is 2. The number of nitrogens with two attached hydrogens (primary N) is 1. The summed E-state index contributed by atoms with van der Waals surface area (Å²) in [5, 5.41) is 2.72. The summed E-state index contributed by atoms with van der Waals surface area (Å²) in [4.78, 5) is 12.8. The monoisotopic (exact) mass is 366 g/mol. The van der Waals surface area contributed by atoms with E-state index >= 15 is 0 Å². The highest BCUT2D eigenvalue weighted by Gasteiger charge is 2.15. The number of sulfone groups is 1. The zero-order chi connectivity index (χ0) is 15.9. The molecule has 1 aromatic rings. The molecule has 0 fully saturated rings. The molecule has 0 radical (unpaired) electrons. The summed E-state index contributed by atoms with van der Waals surface area (Å²) in [7, 11) is -3.08. The van der Waals surface area contributed by atoms with Crippen molar-refractivity contribution in [1.29, 1.82) is 0 Å². The van der Waals surface area contributed by atoms with Gasteiger partial charge in [-0.3, -0.25) is 4.79 Å². The number of benzene rings is 1. The summed E-state index contributed by atoms with van der Waals surface area (Å²) in [6.07, 6.45) is 1.28. The first kappa shape index (κ1) is 21.2. The van der Waals surface area contributed by atoms with Gasteiger partial charge >= 0.3 is 0 Å². The minimum absolute atomic E-state index is 0. The van der Waals surface area contributed by atoms with Crippen molar-refractivity contribution in [3.63, 3.8) is 0 Å². The van der Waals surface area contributed by atoms with Crippen molar-refractivity contribution >= 4 is 39.9 Å². The topological polar surface area (TPSA) is 89.3 Å². The summed E-state index contributed by atoms with van der Waals surface area (Å²) in [5.41, 5.74) is 6.86. The van der Waals surface area contributed by atoms with Gasteiger partial charge in [0.1, 0.15) is 9.84 Å². The van der Waals surface area contributed by atoms with Gasteiger partial charge in [-0.25, -0.2) is 8.42 Å². The van der Waals surface area contributed by atoms with E-state index in [-0.39, 0.29) is 30.5 Å². The second-order valence-corrected chi connectivity index (χ2v) is 8.41. The lowest BCUT2D eigenvalue weighted by Gasteiger charge is -2.11. The van der Waals surface area contributed by atoms with Crippen molar-refractivity contribution in [2.24, 2.45) is 5.73 Å². The normalized spacial score (nSPS) is 12.3. The quantitative estimate of drug-likeness (QED) is 0.536. The van der Waals surface area contributed by atoms with Crippen molar-refractivity contribution in [2.75, 3.05) is 24.3 Å². The summed E-state index contributed by atoms with van der Waals surface area (Å²) < 4.78 is 22.0. The molecule has 0 spiro atoms. The van der Waals surface area contributed by atoms with Crippen LogP contribution in [0.1, 0.15) is 12.0 Å². The average Bonchev–Trinajstić information content (AvgIpc) is 2.41. The Labute approximate surface area is 142 Å². The molecule has 0 aliphatic carbocycles. The number of thioether (sulfide) groups is 1. The Kier molecular flexibility index (Phi) is 9.75. The molecule has 1 atom stereocenters. The van der Waals surface area contributed by atoms with Gasteiger partial charge in [-0.05, 0) is 25.5 Å². The second-order valence-electron chi connectivity index (χ2n) is 4.98. The molecule has 0 saturated heterocycles. The largest absolute Gasteiger partial charge is 0.354 e. The van der Waals surface area contributed by atoms with Crippen LogP contribution in [0.15, 0.2) is 29.2 Å². The Morgan fingerprint density at radius 3 is 2.45 bits per heavy atom. The Bertz CT molecular complexity index is 562. The van der Waals surface area contributed by atoms with E-state index < -0.39 is 15.9 Å². The number of halogens is 1. The molecule has 8 heteroatoms. The molecule has 126 valence electrons. The maximum atomic E-state index is 11.7. The van der Waals surface area contributed by atoms with Crippen LogP contribution in [-0.4, -0.2) is 44.7 Å². The van der Waals surface area contributed by atoms with Gasteiger partial charge in [0.25, 0.3) is 0 Å². The molecular weight excluding hydrogens is 344 g/mol. The molecule has 0 aromatic heterocycles. The molecule has 1 amide bonds. The number of carbonyl (C=O) groups excluding carboxylic acids is 1. The molecule has 0 aliphatic rings. The number of nitrogens with one attached hydrogen (secondary N) is 1. The third-order valence-corrected chi connectivity index (χ3v) is 4.82. The van der Waals surface area contributed by atoms with Crippen LogP contribution < -0.4 is 11.1 Å². The highest BCUT2D eigenvalue weighted by molar-refractivity contribution is 7.99. The van der Waals surface area contributed by atoms with Gasteiger partial charge in [0.2, 0.25) is 5.91 Å². The Balaban J connectivity index is 0.00000441. The van der Waals surface area contributed by atoms with E-state index in [1.54, 1.807) is 11.8 Å². The van der Waals surface area contributed by atoms with E-state index in [1.165, 1.54) is 5.56 Å². The molecule has 0 heterocycles. The standard InChI is InChI=1S/C14H22N2O3S2.ClH/c1-11-3-5-12(6-4-11)20-9-8-16-14(17)13(15)7-10-21(2,18)19;/h3-6,13H,7-10,15H2,1-2H3,(H,16,17);1H. The minimum atomic E-state index is -3.08. The molecule has 1 rings (SSSR count). The van der Waals surface area contributed by atoms with Gasteiger partial charge in [-0.2, -0.15) is 0 Å². The SMILES string of the molecule is Cc1ccc(SCCNC(=O)C(N)CCS(C)(=O)=O)cc1.Cl. The van der Waals surface area contributed by atoms with Crippen LogP contribution in [0.5, 0.6) is 0 Å². The zero-order valence-corrected chi connectivity index (χ0v) is 15.2. The van der Waals surface area contributed by atoms with Gasteiger partial charge in [-0.1, -0.05) is 17.7 Å². The van der Waals surface area contributed by atoms with E-state index in [0.717, 1.165) is 16.9 Å². The van der Waals surface area contributed by atoms with Crippen molar-refractivity contribution in [2.45, 2.75) is 24.3 Å². The van der Waals surface area contributed by atoms with Crippen LogP contribution in [0.3, 0.4) is 0 Å². The van der Waals surface area contributed by atoms with Gasteiger partial charge in [-0.15, -0.1) is 24.2 Å². The molecule has 0 aliphatic heterocycles. The number of aryl methyl sites for hydroxylation is 1. The van der Waals surface area contributed by atoms with Crippen LogP contribution in [0, 0.1) is 6.92 Å². The fourth-order valence-corrected chi connectivity index (χ4v) is 3.03. The second kappa shape index (κ2) is 10.1. The third kappa shape index (κ3) is 9.30. The van der Waals surface area contributed by atoms with Crippen molar-refractivity contribution in [1.82, 2.24) is 5.32 Å². The maximum absolute atomic E-state index is 11.7. The first-order valence-corrected chi connectivity index (χ1v) is 9.73. The lowest BCUT2D eigenvalue weighted by Crippen LogP contribution is -2.42. The first-order chi connectivity index (χ1) is 9.78. The highest BCUT2D eigenvalue weighted by atomic mass is 35.5. The van der Waals surface area contributed by atoms with E-state index in [2.05, 4.69) is 5.32 Å². The van der Waals surface area contributed by atoms with Gasteiger partial charge in [0, 0.05) is 23.4 Å². The summed E-state index contributed by atoms with van der Waals surface area (Å²) >= 11 is 1.65. The highest BCUT2D eigenvalue weighted by Crippen LogP contribution is 2.17. The Morgan fingerprint density at radius 2 is 1.91 bits per heavy atom. The number of hydrogen-bond acceptors (Lipinski definition) is 5. The Morgan fingerprint density at radius 1 is 1.32 bits per heavy atom. The fourth-order valence-electron chi connectivity index (χ4n) is 1.58. The summed E-state index contributed by atoms with van der Waals surface area (Å²) in [6.45, 7) is 2.54. The molecular formula is C14H23ClN2O3S2. The van der Waals surface area contributed by atoms with Crippen molar-refractivity contribution in [3.8, 4) is 0 Å². The molecule has 1 aromatic carbocycles. The van der Waals surface area contributed by atoms with Crippen LogP contribution in [-0.2, 0) is 14.6 Å². The molecule has 5 nitrogen and oxygen atoms in total. The number of amides is 1. The van der Waals surface area contributed by atoms with Crippen LogP contribution in [0.4, 0.5) is 0 Å². The van der Waals surface area contributed by atoms with Crippen molar-refractivity contribution in [3.05, 3.63) is 29.8 Å². The Hall–Kier alpha value is -0.760. The third-order valence-electron chi connectivity index (χ3n) is 2.83. The van der Waals surface area contributed by atoms with E-state index in [9.17, 15) is 13.2 Å². The number of carbonyl (C=O) groups is 1. The molecule has 0 saturated carbocycles. The minimum Gasteiger partial charge on any atom is -0.354 e. The van der Waals surface area contributed by atoms with Gasteiger partial charge in [0.15, 0.2) is 0 Å². The maximum Gasteiger partial charge on any atom is 0.236 e. The summed E-state index contributed by atoms with van der Waals surface area (Å²) in [6, 6.07) is 7.40. The van der Waals surface area contributed by atoms with Crippen LogP contribution in [0.2, 0.25) is 0 Å². The zero-order valence-electron chi connectivity index (χ0n) is 12.7. The first-order valence-electron chi connectivity index (χ1n) is 6.68. The van der Waals surface area contributed by atoms with E-state index in [4.69, 9.17) is 5.73 Å².